The summed E-state index contributed by atoms with van der Waals surface area (Å²) >= 11 is 3.33. The van der Waals surface area contributed by atoms with Crippen molar-refractivity contribution in [2.45, 2.75) is 12.8 Å². The molecule has 0 aliphatic heterocycles. The molecule has 1 N–H and O–H groups in total. The number of carboxylic acid groups (broad SMARTS) is 1. The van der Waals surface area contributed by atoms with Gasteiger partial charge in [0.25, 0.3) is 0 Å². The first-order chi connectivity index (χ1) is 7.65. The highest BCUT2D eigenvalue weighted by atomic mass is 79.9. The van der Waals surface area contributed by atoms with Crippen LogP contribution in [0.5, 0.6) is 0 Å². The van der Waals surface area contributed by atoms with E-state index in [0.717, 1.165) is 15.6 Å². The molecule has 0 atom stereocenters. The number of hydrogen-bond acceptors (Lipinski definition) is 3. The van der Waals surface area contributed by atoms with Gasteiger partial charge in [0.1, 0.15) is 0 Å². The Labute approximate surface area is 100 Å². The maximum atomic E-state index is 10.4. The number of pyridine rings is 2. The molecule has 0 aromatic carbocycles. The van der Waals surface area contributed by atoms with Gasteiger partial charge in [-0.1, -0.05) is 0 Å². The van der Waals surface area contributed by atoms with Crippen molar-refractivity contribution in [2.75, 3.05) is 0 Å². The van der Waals surface area contributed by atoms with E-state index < -0.39 is 5.97 Å². The molecular weight excluding hydrogens is 272 g/mol. The zero-order valence-electron chi connectivity index (χ0n) is 8.35. The van der Waals surface area contributed by atoms with Gasteiger partial charge in [-0.2, -0.15) is 0 Å². The number of hydrogen-bond donors (Lipinski definition) is 1. The Morgan fingerprint density at radius 1 is 1.44 bits per heavy atom. The van der Waals surface area contributed by atoms with E-state index in [1.165, 1.54) is 0 Å². The molecule has 0 amide bonds. The Balaban J connectivity index is 2.30. The maximum Gasteiger partial charge on any atom is 0.303 e. The van der Waals surface area contributed by atoms with E-state index in [2.05, 4.69) is 25.9 Å². The van der Waals surface area contributed by atoms with Gasteiger partial charge in [-0.05, 0) is 34.1 Å². The van der Waals surface area contributed by atoms with Crippen LogP contribution in [0.2, 0.25) is 0 Å². The van der Waals surface area contributed by atoms with Crippen LogP contribution >= 0.6 is 15.9 Å². The minimum Gasteiger partial charge on any atom is -0.481 e. The molecule has 0 bridgehead atoms. The van der Waals surface area contributed by atoms with Crippen molar-refractivity contribution in [3.63, 3.8) is 0 Å². The van der Waals surface area contributed by atoms with Gasteiger partial charge in [-0.3, -0.25) is 4.79 Å². The third-order valence-corrected chi connectivity index (χ3v) is 2.60. The van der Waals surface area contributed by atoms with E-state index in [9.17, 15) is 4.79 Å². The third-order valence-electron chi connectivity index (χ3n) is 2.16. The van der Waals surface area contributed by atoms with Crippen molar-refractivity contribution in [2.24, 2.45) is 0 Å². The number of carboxylic acids is 1. The van der Waals surface area contributed by atoms with Gasteiger partial charge in [-0.25, -0.2) is 9.97 Å². The van der Waals surface area contributed by atoms with E-state index in [0.29, 0.717) is 12.1 Å². The fraction of sp³-hybridized carbons (Fsp3) is 0.182. The molecule has 0 saturated heterocycles. The lowest BCUT2D eigenvalue weighted by molar-refractivity contribution is -0.136. The lowest BCUT2D eigenvalue weighted by atomic mass is 10.2. The van der Waals surface area contributed by atoms with E-state index in [-0.39, 0.29) is 6.42 Å². The van der Waals surface area contributed by atoms with Crippen LogP contribution in [0.15, 0.2) is 28.9 Å². The number of aliphatic carboxylic acids is 1. The van der Waals surface area contributed by atoms with E-state index in [1.807, 2.05) is 18.2 Å². The predicted octanol–water partition coefficient (Wildman–Crippen LogP) is 2.41. The zero-order valence-corrected chi connectivity index (χ0v) is 9.94. The topological polar surface area (TPSA) is 63.1 Å². The highest BCUT2D eigenvalue weighted by molar-refractivity contribution is 9.10. The Hall–Kier alpha value is -1.49. The fourth-order valence-electron chi connectivity index (χ4n) is 1.40. The van der Waals surface area contributed by atoms with Crippen molar-refractivity contribution < 1.29 is 9.90 Å². The lowest BCUT2D eigenvalue weighted by Gasteiger charge is -2.01. The van der Waals surface area contributed by atoms with E-state index in [4.69, 9.17) is 5.11 Å². The summed E-state index contributed by atoms with van der Waals surface area (Å²) in [6, 6.07) is 5.66. The Bertz CT molecular complexity index is 542. The van der Waals surface area contributed by atoms with Crippen LogP contribution in [0.25, 0.3) is 11.0 Å². The van der Waals surface area contributed by atoms with Crippen LogP contribution < -0.4 is 0 Å². The third kappa shape index (κ3) is 2.55. The second kappa shape index (κ2) is 4.57. The van der Waals surface area contributed by atoms with Gasteiger partial charge in [-0.15, -0.1) is 0 Å². The van der Waals surface area contributed by atoms with Crippen LogP contribution in [-0.2, 0) is 11.2 Å². The maximum absolute atomic E-state index is 10.4. The van der Waals surface area contributed by atoms with Crippen molar-refractivity contribution in [3.8, 4) is 0 Å². The van der Waals surface area contributed by atoms with Crippen molar-refractivity contribution in [1.82, 2.24) is 9.97 Å². The largest absolute Gasteiger partial charge is 0.481 e. The first-order valence-corrected chi connectivity index (χ1v) is 5.57. The number of nitrogens with zero attached hydrogens (tertiary/aromatic N) is 2. The van der Waals surface area contributed by atoms with Crippen LogP contribution in [0, 0.1) is 0 Å². The molecule has 0 radical (unpaired) electrons. The van der Waals surface area contributed by atoms with E-state index in [1.54, 1.807) is 6.20 Å². The summed E-state index contributed by atoms with van der Waals surface area (Å²) in [4.78, 5) is 18.9. The molecule has 0 saturated carbocycles. The molecule has 5 heteroatoms. The standard InChI is InChI=1S/C11H9BrN2O2/c12-8-5-7-1-2-9(3-4-10(15)16)14-11(7)13-6-8/h1-2,5-6H,3-4H2,(H,15,16). The van der Waals surface area contributed by atoms with Crippen molar-refractivity contribution in [3.05, 3.63) is 34.6 Å². The zero-order chi connectivity index (χ0) is 11.5. The van der Waals surface area contributed by atoms with Crippen molar-refractivity contribution in [1.29, 1.82) is 0 Å². The number of aromatic nitrogens is 2. The Kier molecular flexibility index (Phi) is 3.14. The highest BCUT2D eigenvalue weighted by Crippen LogP contribution is 2.16. The number of carbonyl (C=O) groups is 1. The molecule has 82 valence electrons. The molecule has 0 unspecified atom stereocenters. The average molecular weight is 281 g/mol. The minimum absolute atomic E-state index is 0.0923. The summed E-state index contributed by atoms with van der Waals surface area (Å²) in [5.74, 6) is -0.814. The van der Waals surface area contributed by atoms with Crippen LogP contribution in [0.4, 0.5) is 0 Å². The second-order valence-electron chi connectivity index (χ2n) is 3.40. The summed E-state index contributed by atoms with van der Waals surface area (Å²) in [5, 5.41) is 9.51. The fourth-order valence-corrected chi connectivity index (χ4v) is 1.75. The first-order valence-electron chi connectivity index (χ1n) is 4.78. The number of halogens is 1. The lowest BCUT2D eigenvalue weighted by Crippen LogP contribution is -1.99. The quantitative estimate of drug-likeness (QED) is 0.938. The number of rotatable bonds is 3. The molecule has 2 aromatic heterocycles. The summed E-state index contributed by atoms with van der Waals surface area (Å²) < 4.78 is 0.903. The molecule has 0 spiro atoms. The first kappa shape index (κ1) is 11.0. The predicted molar refractivity (Wildman–Crippen MR) is 63.2 cm³/mol. The normalized spacial score (nSPS) is 10.6. The van der Waals surface area contributed by atoms with E-state index >= 15 is 0 Å². The smallest absolute Gasteiger partial charge is 0.303 e. The summed E-state index contributed by atoms with van der Waals surface area (Å²) in [6.07, 6.45) is 2.20. The second-order valence-corrected chi connectivity index (χ2v) is 4.31. The summed E-state index contributed by atoms with van der Waals surface area (Å²) in [7, 11) is 0. The molecule has 0 fully saturated rings. The molecule has 4 nitrogen and oxygen atoms in total. The van der Waals surface area contributed by atoms with Gasteiger partial charge >= 0.3 is 5.97 Å². The number of fused-ring (bicyclic) bond motifs is 1. The molecule has 2 rings (SSSR count). The van der Waals surface area contributed by atoms with Crippen LogP contribution in [-0.4, -0.2) is 21.0 Å². The van der Waals surface area contributed by atoms with Gasteiger partial charge in [0.2, 0.25) is 0 Å². The molecule has 2 aromatic rings. The van der Waals surface area contributed by atoms with Crippen molar-refractivity contribution >= 4 is 32.9 Å². The molecule has 2 heterocycles. The SMILES string of the molecule is O=C(O)CCc1ccc2cc(Br)cnc2n1. The summed E-state index contributed by atoms with van der Waals surface area (Å²) in [6.45, 7) is 0. The molecule has 16 heavy (non-hydrogen) atoms. The molecule has 0 aliphatic rings. The Morgan fingerprint density at radius 2 is 2.25 bits per heavy atom. The van der Waals surface area contributed by atoms with Gasteiger partial charge in [0.15, 0.2) is 5.65 Å². The van der Waals surface area contributed by atoms with Crippen LogP contribution in [0.3, 0.4) is 0 Å². The van der Waals surface area contributed by atoms with Gasteiger partial charge in [0, 0.05) is 28.2 Å². The van der Waals surface area contributed by atoms with Gasteiger partial charge < -0.3 is 5.11 Å². The molecular formula is C11H9BrN2O2. The highest BCUT2D eigenvalue weighted by Gasteiger charge is 2.03. The monoisotopic (exact) mass is 280 g/mol. The van der Waals surface area contributed by atoms with Gasteiger partial charge in [0.05, 0.1) is 6.42 Å². The van der Waals surface area contributed by atoms with Crippen LogP contribution in [0.1, 0.15) is 12.1 Å². The average Bonchev–Trinajstić information content (AvgIpc) is 2.26. The molecule has 0 aliphatic carbocycles. The number of aryl methyl sites for hydroxylation is 1. The summed E-state index contributed by atoms with van der Waals surface area (Å²) in [5.41, 5.74) is 1.40. The minimum atomic E-state index is -0.814. The Morgan fingerprint density at radius 3 is 3.00 bits per heavy atom.